The fraction of sp³-hybridized carbons (Fsp3) is 0.300. The van der Waals surface area contributed by atoms with Crippen molar-refractivity contribution in [1.29, 1.82) is 0 Å². The van der Waals surface area contributed by atoms with Crippen LogP contribution < -0.4 is 15.0 Å². The number of rotatable bonds is 5. The van der Waals surface area contributed by atoms with E-state index in [1.54, 1.807) is 36.3 Å². The summed E-state index contributed by atoms with van der Waals surface area (Å²) in [6.07, 6.45) is -4.30. The number of nitrogens with zero attached hydrogens (tertiary/aromatic N) is 1. The largest absolute Gasteiger partial charge is 0.497 e. The van der Waals surface area contributed by atoms with Gasteiger partial charge in [0.05, 0.1) is 18.6 Å². The molecule has 5 nitrogen and oxygen atoms in total. The highest BCUT2D eigenvalue weighted by Crippen LogP contribution is 2.29. The van der Waals surface area contributed by atoms with E-state index < -0.39 is 17.7 Å². The highest BCUT2D eigenvalue weighted by molar-refractivity contribution is 6.00. The Hall–Kier alpha value is -3.03. The lowest BCUT2D eigenvalue weighted by Crippen LogP contribution is -2.32. The van der Waals surface area contributed by atoms with Gasteiger partial charge in [-0.2, -0.15) is 13.2 Å². The van der Waals surface area contributed by atoms with Crippen molar-refractivity contribution < 1.29 is 27.5 Å². The summed E-state index contributed by atoms with van der Waals surface area (Å²) in [6, 6.07) is 11.6. The molecule has 1 aliphatic rings. The van der Waals surface area contributed by atoms with Crippen LogP contribution in [0, 0.1) is 5.92 Å². The maximum absolute atomic E-state index is 12.6. The number of halogens is 3. The lowest BCUT2D eigenvalue weighted by atomic mass is 10.1. The van der Waals surface area contributed by atoms with Crippen LogP contribution in [0.2, 0.25) is 0 Å². The van der Waals surface area contributed by atoms with E-state index in [9.17, 15) is 22.8 Å². The van der Waals surface area contributed by atoms with E-state index >= 15 is 0 Å². The molecule has 0 aliphatic carbocycles. The fourth-order valence-electron chi connectivity index (χ4n) is 3.04. The van der Waals surface area contributed by atoms with E-state index in [0.29, 0.717) is 17.0 Å². The first-order chi connectivity index (χ1) is 13.3. The number of hydrogen-bond acceptors (Lipinski definition) is 3. The summed E-state index contributed by atoms with van der Waals surface area (Å²) < 4.78 is 42.8. The number of alkyl halides is 3. The van der Waals surface area contributed by atoms with Gasteiger partial charge in [-0.15, -0.1) is 0 Å². The Morgan fingerprint density at radius 3 is 2.36 bits per heavy atom. The third-order valence-electron chi connectivity index (χ3n) is 4.63. The van der Waals surface area contributed by atoms with E-state index in [-0.39, 0.29) is 31.3 Å². The molecule has 0 radical (unpaired) electrons. The molecule has 1 atom stereocenters. The molecule has 2 amide bonds. The molecule has 2 aromatic rings. The number of methoxy groups -OCH3 is 1. The molecule has 1 fully saturated rings. The Kier molecular flexibility index (Phi) is 5.58. The number of benzene rings is 2. The molecule has 8 heteroatoms. The first-order valence-corrected chi connectivity index (χ1v) is 8.66. The third kappa shape index (κ3) is 4.44. The molecule has 0 unspecified atom stereocenters. The number of anilines is 1. The van der Waals surface area contributed by atoms with Gasteiger partial charge in [-0.25, -0.2) is 0 Å². The molecule has 148 valence electrons. The van der Waals surface area contributed by atoms with Gasteiger partial charge in [0.15, 0.2) is 0 Å². The second-order valence-electron chi connectivity index (χ2n) is 6.52. The van der Waals surface area contributed by atoms with E-state index in [4.69, 9.17) is 4.74 Å². The molecule has 1 saturated heterocycles. The van der Waals surface area contributed by atoms with Crippen LogP contribution in [0.1, 0.15) is 17.5 Å². The van der Waals surface area contributed by atoms with E-state index in [1.165, 1.54) is 12.1 Å². The van der Waals surface area contributed by atoms with E-state index in [0.717, 1.165) is 12.1 Å². The number of hydrogen-bond donors (Lipinski definition) is 1. The van der Waals surface area contributed by atoms with Gasteiger partial charge in [0, 0.05) is 25.2 Å². The zero-order chi connectivity index (χ0) is 20.3. The Morgan fingerprint density at radius 2 is 1.79 bits per heavy atom. The number of ether oxygens (including phenoxy) is 1. The van der Waals surface area contributed by atoms with Crippen LogP contribution in [-0.2, 0) is 22.3 Å². The number of carbonyl (C=O) groups is 2. The van der Waals surface area contributed by atoms with Crippen LogP contribution in [0.5, 0.6) is 5.75 Å². The first kappa shape index (κ1) is 19.7. The molecule has 2 aromatic carbocycles. The predicted molar refractivity (Wildman–Crippen MR) is 96.7 cm³/mol. The molecule has 0 spiro atoms. The van der Waals surface area contributed by atoms with E-state index in [1.807, 2.05) is 0 Å². The van der Waals surface area contributed by atoms with Crippen molar-refractivity contribution >= 4 is 17.5 Å². The summed E-state index contributed by atoms with van der Waals surface area (Å²) in [6.45, 7) is 0.355. The van der Waals surface area contributed by atoms with Crippen LogP contribution in [-0.4, -0.2) is 25.5 Å². The minimum Gasteiger partial charge on any atom is -0.497 e. The minimum atomic E-state index is -4.39. The normalized spacial score (nSPS) is 16.9. The van der Waals surface area contributed by atoms with Crippen LogP contribution in [0.4, 0.5) is 18.9 Å². The number of amides is 2. The zero-order valence-corrected chi connectivity index (χ0v) is 15.1. The molecule has 1 aliphatic heterocycles. The second kappa shape index (κ2) is 7.92. The Morgan fingerprint density at radius 1 is 1.14 bits per heavy atom. The second-order valence-corrected chi connectivity index (χ2v) is 6.52. The molecule has 1 N–H and O–H groups in total. The maximum atomic E-state index is 12.6. The highest BCUT2D eigenvalue weighted by Gasteiger charge is 2.35. The summed E-state index contributed by atoms with van der Waals surface area (Å²) in [5.41, 5.74) is 0.501. The Balaban J connectivity index is 1.57. The van der Waals surface area contributed by atoms with Gasteiger partial charge in [0.25, 0.3) is 0 Å². The lowest BCUT2D eigenvalue weighted by Gasteiger charge is -2.17. The summed E-state index contributed by atoms with van der Waals surface area (Å²) in [4.78, 5) is 26.2. The third-order valence-corrected chi connectivity index (χ3v) is 4.63. The van der Waals surface area contributed by atoms with Crippen molar-refractivity contribution in [1.82, 2.24) is 5.32 Å². The van der Waals surface area contributed by atoms with Gasteiger partial charge in [-0.05, 0) is 42.0 Å². The maximum Gasteiger partial charge on any atom is 0.416 e. The summed E-state index contributed by atoms with van der Waals surface area (Å²) >= 11 is 0. The van der Waals surface area contributed by atoms with Crippen molar-refractivity contribution in [2.45, 2.75) is 19.1 Å². The SMILES string of the molecule is COc1ccc(N2C[C@@H](C(=O)NCc3ccc(C(F)(F)F)cc3)CC2=O)cc1. The Bertz CT molecular complexity index is 848. The average Bonchev–Trinajstić information content (AvgIpc) is 3.07. The van der Waals surface area contributed by atoms with Gasteiger partial charge in [-0.3, -0.25) is 9.59 Å². The molecule has 28 heavy (non-hydrogen) atoms. The van der Waals surface area contributed by atoms with Crippen LogP contribution >= 0.6 is 0 Å². The van der Waals surface area contributed by atoms with Crippen LogP contribution in [0.15, 0.2) is 48.5 Å². The molecule has 1 heterocycles. The topological polar surface area (TPSA) is 58.6 Å². The smallest absolute Gasteiger partial charge is 0.416 e. The van der Waals surface area contributed by atoms with Crippen LogP contribution in [0.3, 0.4) is 0 Å². The molecule has 0 bridgehead atoms. The van der Waals surface area contributed by atoms with Crippen molar-refractivity contribution in [2.75, 3.05) is 18.6 Å². The zero-order valence-electron chi connectivity index (χ0n) is 15.1. The van der Waals surface area contributed by atoms with Gasteiger partial charge in [0.1, 0.15) is 5.75 Å². The van der Waals surface area contributed by atoms with Gasteiger partial charge in [-0.1, -0.05) is 12.1 Å². The van der Waals surface area contributed by atoms with E-state index in [2.05, 4.69) is 5.32 Å². The lowest BCUT2D eigenvalue weighted by molar-refractivity contribution is -0.137. The van der Waals surface area contributed by atoms with Crippen molar-refractivity contribution in [3.63, 3.8) is 0 Å². The standard InChI is InChI=1S/C20H19F3N2O3/c1-28-17-8-6-16(7-9-17)25-12-14(10-18(25)26)19(27)24-11-13-2-4-15(5-3-13)20(21,22)23/h2-9,14H,10-12H2,1H3,(H,24,27)/t14-/m0/s1. The van der Waals surface area contributed by atoms with Crippen molar-refractivity contribution in [3.8, 4) is 5.75 Å². The van der Waals surface area contributed by atoms with Crippen molar-refractivity contribution in [3.05, 3.63) is 59.7 Å². The quantitative estimate of drug-likeness (QED) is 0.849. The minimum absolute atomic E-state index is 0.0882. The summed E-state index contributed by atoms with van der Waals surface area (Å²) in [5.74, 6) is -0.297. The Labute approximate surface area is 160 Å². The molecule has 3 rings (SSSR count). The van der Waals surface area contributed by atoms with Crippen LogP contribution in [0.25, 0.3) is 0 Å². The molecule has 0 aromatic heterocycles. The molecule has 0 saturated carbocycles. The summed E-state index contributed by atoms with van der Waals surface area (Å²) in [7, 11) is 1.55. The fourth-order valence-corrected chi connectivity index (χ4v) is 3.04. The van der Waals surface area contributed by atoms with Gasteiger partial charge >= 0.3 is 6.18 Å². The molecular formula is C20H19F3N2O3. The predicted octanol–water partition coefficient (Wildman–Crippen LogP) is 3.38. The summed E-state index contributed by atoms with van der Waals surface area (Å²) in [5, 5.41) is 2.69. The van der Waals surface area contributed by atoms with Crippen molar-refractivity contribution in [2.24, 2.45) is 5.92 Å². The number of nitrogens with one attached hydrogen (secondary N) is 1. The number of carbonyl (C=O) groups excluding carboxylic acids is 2. The highest BCUT2D eigenvalue weighted by atomic mass is 19.4. The monoisotopic (exact) mass is 392 g/mol. The van der Waals surface area contributed by atoms with Gasteiger partial charge in [0.2, 0.25) is 11.8 Å². The van der Waals surface area contributed by atoms with Gasteiger partial charge < -0.3 is 15.0 Å². The average molecular weight is 392 g/mol. The first-order valence-electron chi connectivity index (χ1n) is 8.66. The molecular weight excluding hydrogens is 373 g/mol.